The summed E-state index contributed by atoms with van der Waals surface area (Å²) in [6.45, 7) is 18.4. The fraction of sp³-hybridized carbons (Fsp3) is 0.714. The lowest BCUT2D eigenvalue weighted by Gasteiger charge is -2.25. The molecule has 0 saturated heterocycles. The van der Waals surface area contributed by atoms with Crippen LogP contribution in [0.2, 0.25) is 0 Å². The summed E-state index contributed by atoms with van der Waals surface area (Å²) in [5.74, 6) is -0.452. The molecule has 1 aliphatic heterocycles. The molecule has 0 fully saturated rings. The first-order valence-electron chi connectivity index (χ1n) is 13.6. The van der Waals surface area contributed by atoms with Crippen LogP contribution in [0.4, 0.5) is 9.59 Å². The molecule has 2 heterocycles. The Morgan fingerprint density at radius 3 is 1.79 bits per heavy atom. The van der Waals surface area contributed by atoms with Gasteiger partial charge in [-0.15, -0.1) is 0 Å². The summed E-state index contributed by atoms with van der Waals surface area (Å²) < 4.78 is 30.3. The van der Waals surface area contributed by atoms with Crippen molar-refractivity contribution in [1.29, 1.82) is 0 Å². The second-order valence-corrected chi connectivity index (χ2v) is 12.1. The van der Waals surface area contributed by atoms with Crippen LogP contribution in [0.5, 0.6) is 0 Å². The van der Waals surface area contributed by atoms with E-state index in [2.05, 4.69) is 30.1 Å². The molecule has 0 aromatic carbocycles. The average molecular weight is 599 g/mol. The molecule has 14 heteroatoms. The molecule has 14 nitrogen and oxygen atoms in total. The predicted molar refractivity (Wildman–Crippen MR) is 152 cm³/mol. The van der Waals surface area contributed by atoms with Gasteiger partial charge in [-0.3, -0.25) is 0 Å². The van der Waals surface area contributed by atoms with Crippen LogP contribution in [-0.4, -0.2) is 79.1 Å². The van der Waals surface area contributed by atoms with Gasteiger partial charge in [0.15, 0.2) is 11.7 Å². The van der Waals surface area contributed by atoms with E-state index in [1.54, 1.807) is 41.5 Å². The molecule has 238 valence electrons. The highest BCUT2D eigenvalue weighted by Gasteiger charge is 2.34. The first-order valence-corrected chi connectivity index (χ1v) is 13.6. The number of hydrogen-bond donors (Lipinski definition) is 2. The van der Waals surface area contributed by atoms with Gasteiger partial charge in [0.1, 0.15) is 36.2 Å². The van der Waals surface area contributed by atoms with Crippen molar-refractivity contribution in [3.05, 3.63) is 17.8 Å². The van der Waals surface area contributed by atoms with E-state index in [4.69, 9.17) is 18.6 Å². The topological polar surface area (TPSA) is 177 Å². The highest BCUT2D eigenvalue weighted by atomic mass is 16.6. The smallest absolute Gasteiger partial charge is 0.408 e. The summed E-state index contributed by atoms with van der Waals surface area (Å²) in [5, 5.41) is 5.41. The van der Waals surface area contributed by atoms with Crippen LogP contribution in [0.3, 0.4) is 0 Å². The maximum absolute atomic E-state index is 11.9. The molecule has 0 aliphatic carbocycles. The van der Waals surface area contributed by atoms with Crippen molar-refractivity contribution in [2.75, 3.05) is 20.8 Å². The Balaban J connectivity index is 0.000000420. The zero-order valence-corrected chi connectivity index (χ0v) is 26.6. The molecule has 0 spiro atoms. The SMILES string of the molecule is COC(=O)C1COC(C(NC(=O)OC(C)(C)C)C(C)C)=N1.COC(=O)c1coc(C(NC(=O)OC(C)(C)C)C(C)C)n1. The van der Waals surface area contributed by atoms with Gasteiger partial charge < -0.3 is 38.7 Å². The Morgan fingerprint density at radius 2 is 1.36 bits per heavy atom. The fourth-order valence-corrected chi connectivity index (χ4v) is 3.34. The number of alkyl carbamates (subject to hydrolysis) is 2. The van der Waals surface area contributed by atoms with Crippen LogP contribution in [0.15, 0.2) is 15.7 Å². The number of aromatic nitrogens is 1. The van der Waals surface area contributed by atoms with E-state index in [9.17, 15) is 19.2 Å². The zero-order chi connectivity index (χ0) is 32.4. The molecule has 0 bridgehead atoms. The molecule has 0 saturated carbocycles. The molecule has 42 heavy (non-hydrogen) atoms. The van der Waals surface area contributed by atoms with Gasteiger partial charge in [-0.1, -0.05) is 27.7 Å². The van der Waals surface area contributed by atoms with E-state index in [1.807, 2.05) is 27.7 Å². The third-order valence-electron chi connectivity index (χ3n) is 5.27. The van der Waals surface area contributed by atoms with Gasteiger partial charge in [0.25, 0.3) is 0 Å². The third kappa shape index (κ3) is 12.4. The lowest BCUT2D eigenvalue weighted by molar-refractivity contribution is -0.142. The van der Waals surface area contributed by atoms with E-state index in [0.29, 0.717) is 5.90 Å². The molecule has 3 unspecified atom stereocenters. The summed E-state index contributed by atoms with van der Waals surface area (Å²) in [6.07, 6.45) is 0.0841. The lowest BCUT2D eigenvalue weighted by Crippen LogP contribution is -2.46. The predicted octanol–water partition coefficient (Wildman–Crippen LogP) is 4.19. The molecular formula is C28H46N4O10. The number of ether oxygens (including phenoxy) is 5. The quantitative estimate of drug-likeness (QED) is 0.324. The lowest BCUT2D eigenvalue weighted by atomic mass is 10.0. The van der Waals surface area contributed by atoms with Gasteiger partial charge in [-0.2, -0.15) is 0 Å². The van der Waals surface area contributed by atoms with Crippen molar-refractivity contribution in [3.8, 4) is 0 Å². The van der Waals surface area contributed by atoms with Crippen LogP contribution in [0.1, 0.15) is 91.7 Å². The van der Waals surface area contributed by atoms with E-state index >= 15 is 0 Å². The second kappa shape index (κ2) is 15.4. The maximum Gasteiger partial charge on any atom is 0.408 e. The summed E-state index contributed by atoms with van der Waals surface area (Å²) in [7, 11) is 2.56. The fourth-order valence-electron chi connectivity index (χ4n) is 3.34. The monoisotopic (exact) mass is 598 g/mol. The molecule has 1 aliphatic rings. The third-order valence-corrected chi connectivity index (χ3v) is 5.27. The van der Waals surface area contributed by atoms with Crippen LogP contribution >= 0.6 is 0 Å². The highest BCUT2D eigenvalue weighted by molar-refractivity contribution is 5.91. The van der Waals surface area contributed by atoms with Crippen molar-refractivity contribution >= 4 is 30.0 Å². The molecule has 1 aromatic rings. The molecular weight excluding hydrogens is 552 g/mol. The number of carbonyl (C=O) groups excluding carboxylic acids is 4. The zero-order valence-electron chi connectivity index (χ0n) is 26.6. The van der Waals surface area contributed by atoms with Gasteiger partial charge in [0.05, 0.1) is 14.2 Å². The molecule has 2 rings (SSSR count). The number of aliphatic imine (C=N–C) groups is 1. The van der Waals surface area contributed by atoms with E-state index in [1.165, 1.54) is 20.5 Å². The minimum Gasteiger partial charge on any atom is -0.477 e. The van der Waals surface area contributed by atoms with Gasteiger partial charge in [-0.05, 0) is 53.4 Å². The number of nitrogens with zero attached hydrogens (tertiary/aromatic N) is 2. The Kier molecular flexibility index (Phi) is 13.3. The van der Waals surface area contributed by atoms with Gasteiger partial charge in [0, 0.05) is 0 Å². The van der Waals surface area contributed by atoms with Crippen molar-refractivity contribution in [2.45, 2.75) is 98.6 Å². The summed E-state index contributed by atoms with van der Waals surface area (Å²) in [4.78, 5) is 54.7. The molecule has 2 amide bonds. The van der Waals surface area contributed by atoms with Gasteiger partial charge in [0.2, 0.25) is 11.8 Å². The average Bonchev–Trinajstić information content (AvgIpc) is 3.53. The number of nitrogens with one attached hydrogen (secondary N) is 2. The summed E-state index contributed by atoms with van der Waals surface area (Å²) in [6, 6.07) is -1.63. The minimum absolute atomic E-state index is 0.00154. The number of oxazole rings is 1. The van der Waals surface area contributed by atoms with Gasteiger partial charge in [-0.25, -0.2) is 29.2 Å². The standard InChI is InChI=1S/C14H24N2O5.C14H22N2O5/c2*1-8(2)10(16-13(18)21-14(3,4)5)11-15-9(7-20-11)12(17)19-6/h8-10H,7H2,1-6H3,(H,16,18);7-8,10H,1-6H3,(H,16,18). The normalized spacial score (nSPS) is 16.2. The largest absolute Gasteiger partial charge is 0.477 e. The molecule has 1 aromatic heterocycles. The number of esters is 2. The van der Waals surface area contributed by atoms with Crippen LogP contribution in [-0.2, 0) is 28.5 Å². The number of rotatable bonds is 8. The summed E-state index contributed by atoms with van der Waals surface area (Å²) >= 11 is 0. The Labute approximate surface area is 247 Å². The summed E-state index contributed by atoms with van der Waals surface area (Å²) in [5.41, 5.74) is -1.12. The van der Waals surface area contributed by atoms with Crippen LogP contribution in [0, 0.1) is 11.8 Å². The number of hydrogen-bond acceptors (Lipinski definition) is 12. The second-order valence-electron chi connectivity index (χ2n) is 12.1. The number of methoxy groups -OCH3 is 2. The van der Waals surface area contributed by atoms with Crippen molar-refractivity contribution < 1.29 is 47.3 Å². The molecule has 3 atom stereocenters. The highest BCUT2D eigenvalue weighted by Crippen LogP contribution is 2.22. The van der Waals surface area contributed by atoms with Gasteiger partial charge >= 0.3 is 24.1 Å². The number of carbonyl (C=O) groups is 4. The maximum atomic E-state index is 11.9. The van der Waals surface area contributed by atoms with Crippen molar-refractivity contribution in [2.24, 2.45) is 16.8 Å². The first-order chi connectivity index (χ1) is 19.3. The van der Waals surface area contributed by atoms with E-state index in [0.717, 1.165) is 0 Å². The van der Waals surface area contributed by atoms with Crippen molar-refractivity contribution in [1.82, 2.24) is 15.6 Å². The molecule has 0 radical (unpaired) electrons. The van der Waals surface area contributed by atoms with Crippen molar-refractivity contribution in [3.63, 3.8) is 0 Å². The minimum atomic E-state index is -0.674. The van der Waals surface area contributed by atoms with Crippen LogP contribution in [0.25, 0.3) is 0 Å². The first kappa shape index (κ1) is 36.2. The Bertz CT molecular complexity index is 1100. The number of amides is 2. The molecule has 2 N–H and O–H groups in total. The Hall–Kier alpha value is -3.84. The Morgan fingerprint density at radius 1 is 0.857 bits per heavy atom. The van der Waals surface area contributed by atoms with E-state index < -0.39 is 53.5 Å². The van der Waals surface area contributed by atoms with E-state index in [-0.39, 0.29) is 30.0 Å². The van der Waals surface area contributed by atoms with Crippen LogP contribution < -0.4 is 10.6 Å².